The van der Waals surface area contributed by atoms with Crippen molar-refractivity contribution in [3.05, 3.63) is 42.2 Å². The molecule has 1 aliphatic heterocycles. The number of esters is 1. The van der Waals surface area contributed by atoms with Crippen LogP contribution < -0.4 is 5.32 Å². The maximum Gasteiger partial charge on any atom is 0.374 e. The minimum absolute atomic E-state index is 0.0811. The van der Waals surface area contributed by atoms with Crippen LogP contribution in [0.4, 0.5) is 10.5 Å². The number of hydrogen-bond acceptors (Lipinski definition) is 5. The number of benzene rings is 1. The number of amides is 2. The highest BCUT2D eigenvalue weighted by Gasteiger charge is 2.18. The van der Waals surface area contributed by atoms with Gasteiger partial charge < -0.3 is 19.4 Å². The number of nitrogens with zero attached hydrogens (tertiary/aromatic N) is 1. The van der Waals surface area contributed by atoms with Crippen LogP contribution in [-0.2, 0) is 4.74 Å². The van der Waals surface area contributed by atoms with Gasteiger partial charge in [-0.1, -0.05) is 12.1 Å². The average molecular weight is 360 g/mol. The number of urea groups is 1. The SMILES string of the molecule is COC(=O)c1ccc(Sc2ccccc2NC(=O)N2CCCCC2)o1. The number of furan rings is 1. The van der Waals surface area contributed by atoms with Gasteiger partial charge in [-0.15, -0.1) is 0 Å². The quantitative estimate of drug-likeness (QED) is 0.826. The van der Waals surface area contributed by atoms with Crippen molar-refractivity contribution in [1.82, 2.24) is 4.90 Å². The summed E-state index contributed by atoms with van der Waals surface area (Å²) in [4.78, 5) is 26.6. The topological polar surface area (TPSA) is 71.8 Å². The van der Waals surface area contributed by atoms with Crippen LogP contribution >= 0.6 is 11.8 Å². The van der Waals surface area contributed by atoms with E-state index in [0.717, 1.165) is 36.5 Å². The van der Waals surface area contributed by atoms with Crippen LogP contribution in [0.25, 0.3) is 0 Å². The van der Waals surface area contributed by atoms with E-state index in [9.17, 15) is 9.59 Å². The zero-order chi connectivity index (χ0) is 17.6. The third-order valence-electron chi connectivity index (χ3n) is 3.95. The normalized spacial score (nSPS) is 14.2. The Hall–Kier alpha value is -2.41. The number of nitrogens with one attached hydrogen (secondary N) is 1. The van der Waals surface area contributed by atoms with Crippen LogP contribution in [0.2, 0.25) is 0 Å². The van der Waals surface area contributed by atoms with Crippen molar-refractivity contribution in [3.63, 3.8) is 0 Å². The second-order valence-corrected chi connectivity index (χ2v) is 6.73. The van der Waals surface area contributed by atoms with Gasteiger partial charge in [0.05, 0.1) is 12.8 Å². The van der Waals surface area contributed by atoms with Gasteiger partial charge in [-0.25, -0.2) is 9.59 Å². The number of rotatable bonds is 4. The molecule has 6 nitrogen and oxygen atoms in total. The second kappa shape index (κ2) is 8.11. The van der Waals surface area contributed by atoms with Crippen LogP contribution in [0, 0.1) is 0 Å². The molecule has 1 fully saturated rings. The minimum Gasteiger partial charge on any atom is -0.463 e. The van der Waals surface area contributed by atoms with Gasteiger partial charge in [0.15, 0.2) is 5.09 Å². The Labute approximate surface area is 150 Å². The third-order valence-corrected chi connectivity index (χ3v) is 4.95. The van der Waals surface area contributed by atoms with Gasteiger partial charge in [0.25, 0.3) is 0 Å². The summed E-state index contributed by atoms with van der Waals surface area (Å²) >= 11 is 1.34. The van der Waals surface area contributed by atoms with Crippen LogP contribution in [-0.4, -0.2) is 37.1 Å². The van der Waals surface area contributed by atoms with Gasteiger partial charge in [-0.05, 0) is 55.3 Å². The Balaban J connectivity index is 1.71. The van der Waals surface area contributed by atoms with Gasteiger partial charge >= 0.3 is 12.0 Å². The summed E-state index contributed by atoms with van der Waals surface area (Å²) in [5.74, 6) is -0.363. The fourth-order valence-corrected chi connectivity index (χ4v) is 3.50. The highest BCUT2D eigenvalue weighted by molar-refractivity contribution is 7.99. The molecule has 0 bridgehead atoms. The molecule has 1 N–H and O–H groups in total. The highest BCUT2D eigenvalue weighted by atomic mass is 32.2. The number of carbonyl (C=O) groups is 2. The molecular weight excluding hydrogens is 340 g/mol. The summed E-state index contributed by atoms with van der Waals surface area (Å²) < 4.78 is 10.1. The van der Waals surface area contributed by atoms with Crippen molar-refractivity contribution in [3.8, 4) is 0 Å². The summed E-state index contributed by atoms with van der Waals surface area (Å²) in [7, 11) is 1.31. The predicted octanol–water partition coefficient (Wildman–Crippen LogP) is 4.24. The molecule has 2 amide bonds. The Morgan fingerprint density at radius 1 is 1.12 bits per heavy atom. The predicted molar refractivity (Wildman–Crippen MR) is 95.1 cm³/mol. The smallest absolute Gasteiger partial charge is 0.374 e. The van der Waals surface area contributed by atoms with E-state index < -0.39 is 5.97 Å². The van der Waals surface area contributed by atoms with Crippen LogP contribution in [0.5, 0.6) is 0 Å². The summed E-state index contributed by atoms with van der Waals surface area (Å²) in [5.41, 5.74) is 0.721. The van der Waals surface area contributed by atoms with Gasteiger partial charge in [0.2, 0.25) is 5.76 Å². The molecule has 0 aliphatic carbocycles. The number of anilines is 1. The summed E-state index contributed by atoms with van der Waals surface area (Å²) in [6, 6.07) is 10.7. The van der Waals surface area contributed by atoms with E-state index in [4.69, 9.17) is 4.42 Å². The van der Waals surface area contributed by atoms with E-state index >= 15 is 0 Å². The van der Waals surface area contributed by atoms with Crippen molar-refractivity contribution in [2.45, 2.75) is 29.3 Å². The molecule has 0 unspecified atom stereocenters. The second-order valence-electron chi connectivity index (χ2n) is 5.69. The van der Waals surface area contributed by atoms with Crippen molar-refractivity contribution in [1.29, 1.82) is 0 Å². The van der Waals surface area contributed by atoms with E-state index in [1.807, 2.05) is 29.2 Å². The monoisotopic (exact) mass is 360 g/mol. The standard InChI is InChI=1S/C18H20N2O4S/c1-23-17(21)14-9-10-16(24-14)25-15-8-4-3-7-13(15)19-18(22)20-11-5-2-6-12-20/h3-4,7-10H,2,5-6,11-12H2,1H3,(H,19,22). The zero-order valence-electron chi connectivity index (χ0n) is 14.0. The Morgan fingerprint density at radius 2 is 1.88 bits per heavy atom. The number of methoxy groups -OCH3 is 1. The minimum atomic E-state index is -0.515. The van der Waals surface area contributed by atoms with E-state index in [-0.39, 0.29) is 11.8 Å². The van der Waals surface area contributed by atoms with Crippen LogP contribution in [0.15, 0.2) is 50.8 Å². The Kier molecular flexibility index (Phi) is 5.65. The first kappa shape index (κ1) is 17.4. The first-order chi connectivity index (χ1) is 12.2. The molecule has 2 aromatic rings. The maximum atomic E-state index is 12.4. The lowest BCUT2D eigenvalue weighted by Gasteiger charge is -2.27. The van der Waals surface area contributed by atoms with E-state index in [1.54, 1.807) is 12.1 Å². The number of piperidine rings is 1. The number of hydrogen-bond donors (Lipinski definition) is 1. The maximum absolute atomic E-state index is 12.4. The third kappa shape index (κ3) is 4.36. The summed E-state index contributed by atoms with van der Waals surface area (Å²) in [5, 5.41) is 3.53. The van der Waals surface area contributed by atoms with Crippen molar-refractivity contribution >= 4 is 29.4 Å². The Morgan fingerprint density at radius 3 is 2.64 bits per heavy atom. The summed E-state index contributed by atoms with van der Waals surface area (Å²) in [6.45, 7) is 1.59. The highest BCUT2D eigenvalue weighted by Crippen LogP contribution is 2.34. The molecule has 3 rings (SSSR count). The van der Waals surface area contributed by atoms with E-state index in [2.05, 4.69) is 10.1 Å². The van der Waals surface area contributed by atoms with Gasteiger partial charge in [-0.3, -0.25) is 0 Å². The van der Waals surface area contributed by atoms with Gasteiger partial charge in [0, 0.05) is 18.0 Å². The molecule has 1 aliphatic rings. The number of para-hydroxylation sites is 1. The fourth-order valence-electron chi connectivity index (χ4n) is 2.64. The van der Waals surface area contributed by atoms with Crippen molar-refractivity contribution in [2.24, 2.45) is 0 Å². The molecule has 1 aromatic carbocycles. The van der Waals surface area contributed by atoms with Gasteiger partial charge in [0.1, 0.15) is 0 Å². The lowest BCUT2D eigenvalue weighted by molar-refractivity contribution is 0.0559. The molecule has 132 valence electrons. The molecule has 1 saturated heterocycles. The van der Waals surface area contributed by atoms with E-state index in [0.29, 0.717) is 5.09 Å². The largest absolute Gasteiger partial charge is 0.463 e. The summed E-state index contributed by atoms with van der Waals surface area (Å²) in [6.07, 6.45) is 3.27. The average Bonchev–Trinajstić information content (AvgIpc) is 3.12. The number of ether oxygens (including phenoxy) is 1. The Bertz CT molecular complexity index is 753. The van der Waals surface area contributed by atoms with Crippen molar-refractivity contribution in [2.75, 3.05) is 25.5 Å². The molecule has 0 saturated carbocycles. The van der Waals surface area contributed by atoms with Gasteiger partial charge in [-0.2, -0.15) is 0 Å². The molecule has 1 aromatic heterocycles. The van der Waals surface area contributed by atoms with Crippen LogP contribution in [0.3, 0.4) is 0 Å². The number of likely N-dealkylation sites (tertiary alicyclic amines) is 1. The van der Waals surface area contributed by atoms with E-state index in [1.165, 1.54) is 25.3 Å². The lowest BCUT2D eigenvalue weighted by Crippen LogP contribution is -2.38. The number of carbonyl (C=O) groups excluding carboxylic acids is 2. The fraction of sp³-hybridized carbons (Fsp3) is 0.333. The molecular formula is C18H20N2O4S. The zero-order valence-corrected chi connectivity index (χ0v) is 14.8. The molecule has 7 heteroatoms. The van der Waals surface area contributed by atoms with Crippen molar-refractivity contribution < 1.29 is 18.7 Å². The molecule has 0 atom stereocenters. The first-order valence-corrected chi connectivity index (χ1v) is 9.00. The molecule has 0 spiro atoms. The lowest BCUT2D eigenvalue weighted by atomic mass is 10.1. The first-order valence-electron chi connectivity index (χ1n) is 8.18. The molecule has 2 heterocycles. The molecule has 25 heavy (non-hydrogen) atoms. The molecule has 0 radical (unpaired) electrons. The van der Waals surface area contributed by atoms with Crippen LogP contribution in [0.1, 0.15) is 29.8 Å².